The van der Waals surface area contributed by atoms with Gasteiger partial charge >= 0.3 is 0 Å². The Morgan fingerprint density at radius 2 is 2.10 bits per heavy atom. The number of sulfonamides is 1. The number of nitrogens with zero attached hydrogens (tertiary/aromatic N) is 5. The van der Waals surface area contributed by atoms with Crippen molar-refractivity contribution in [2.24, 2.45) is 5.73 Å². The summed E-state index contributed by atoms with van der Waals surface area (Å²) in [5.41, 5.74) is 6.55. The average molecular weight is 313 g/mol. The van der Waals surface area contributed by atoms with Crippen LogP contribution in [0.25, 0.3) is 0 Å². The number of nitrogens with one attached hydrogen (secondary N) is 1. The lowest BCUT2D eigenvalue weighted by atomic mass is 10.4. The van der Waals surface area contributed by atoms with Gasteiger partial charge in [-0.2, -0.15) is 5.10 Å². The van der Waals surface area contributed by atoms with E-state index in [0.717, 1.165) is 0 Å². The monoisotopic (exact) mass is 313 g/mol. The highest BCUT2D eigenvalue weighted by Gasteiger charge is 2.23. The second-order valence-corrected chi connectivity index (χ2v) is 6.28. The van der Waals surface area contributed by atoms with Gasteiger partial charge in [0, 0.05) is 19.3 Å². The summed E-state index contributed by atoms with van der Waals surface area (Å²) in [7, 11) is -3.61. The first-order valence-electron chi connectivity index (χ1n) is 6.53. The van der Waals surface area contributed by atoms with E-state index < -0.39 is 10.0 Å². The molecule has 2 aromatic heterocycles. The van der Waals surface area contributed by atoms with Crippen LogP contribution in [0.15, 0.2) is 17.3 Å². The summed E-state index contributed by atoms with van der Waals surface area (Å²) in [6.07, 6.45) is 3.21. The Kier molecular flexibility index (Phi) is 4.70. The molecule has 0 aromatic carbocycles. The topological polar surface area (TPSA) is 121 Å². The summed E-state index contributed by atoms with van der Waals surface area (Å²) in [5.74, 6) is 0. The maximum Gasteiger partial charge on any atom is 0.244 e. The van der Waals surface area contributed by atoms with Gasteiger partial charge in [-0.15, -0.1) is 5.10 Å². The van der Waals surface area contributed by atoms with Crippen molar-refractivity contribution in [3.63, 3.8) is 0 Å². The summed E-state index contributed by atoms with van der Waals surface area (Å²) in [6.45, 7) is 4.93. The van der Waals surface area contributed by atoms with Gasteiger partial charge in [-0.25, -0.2) is 13.1 Å². The van der Waals surface area contributed by atoms with Crippen molar-refractivity contribution in [2.75, 3.05) is 13.1 Å². The quantitative estimate of drug-likeness (QED) is 0.678. The number of aromatic nitrogens is 5. The predicted molar refractivity (Wildman–Crippen MR) is 76.0 cm³/mol. The Bertz CT molecular complexity index is 690. The molecule has 2 aromatic rings. The van der Waals surface area contributed by atoms with Crippen LogP contribution in [0, 0.1) is 13.8 Å². The second-order valence-electron chi connectivity index (χ2n) is 4.58. The third-order valence-corrected chi connectivity index (χ3v) is 4.74. The Morgan fingerprint density at radius 3 is 2.71 bits per heavy atom. The molecule has 21 heavy (non-hydrogen) atoms. The summed E-state index contributed by atoms with van der Waals surface area (Å²) in [5, 5.41) is 11.6. The molecule has 0 saturated heterocycles. The van der Waals surface area contributed by atoms with Crippen LogP contribution >= 0.6 is 0 Å². The van der Waals surface area contributed by atoms with Crippen LogP contribution < -0.4 is 10.5 Å². The van der Waals surface area contributed by atoms with E-state index in [-0.39, 0.29) is 11.4 Å². The van der Waals surface area contributed by atoms with E-state index >= 15 is 0 Å². The minimum Gasteiger partial charge on any atom is -0.329 e. The molecule has 0 bridgehead atoms. The third-order valence-electron chi connectivity index (χ3n) is 3.03. The van der Waals surface area contributed by atoms with Crippen LogP contribution in [-0.2, 0) is 23.1 Å². The van der Waals surface area contributed by atoms with E-state index in [9.17, 15) is 8.42 Å². The Hall–Kier alpha value is -1.78. The Morgan fingerprint density at radius 1 is 1.33 bits per heavy atom. The molecule has 2 rings (SSSR count). The molecule has 0 amide bonds. The summed E-state index contributed by atoms with van der Waals surface area (Å²) < 4.78 is 30.5. The summed E-state index contributed by atoms with van der Waals surface area (Å²) in [4.78, 5) is 0.217. The van der Waals surface area contributed by atoms with Gasteiger partial charge in [0.1, 0.15) is 4.90 Å². The molecule has 0 spiro atoms. The zero-order chi connectivity index (χ0) is 15.5. The molecule has 0 fully saturated rings. The summed E-state index contributed by atoms with van der Waals surface area (Å²) >= 11 is 0. The first-order valence-corrected chi connectivity index (χ1v) is 8.02. The van der Waals surface area contributed by atoms with Crippen molar-refractivity contribution >= 4 is 10.0 Å². The SMILES string of the molecule is Cc1nn(CCN)c(C)c1S(=O)(=O)NCCn1ccnn1. The lowest BCUT2D eigenvalue weighted by molar-refractivity contribution is 0.551. The number of hydrogen-bond acceptors (Lipinski definition) is 6. The van der Waals surface area contributed by atoms with Gasteiger partial charge < -0.3 is 5.73 Å². The summed E-state index contributed by atoms with van der Waals surface area (Å²) in [6, 6.07) is 0. The molecule has 0 atom stereocenters. The van der Waals surface area contributed by atoms with Crippen LogP contribution in [-0.4, -0.2) is 46.3 Å². The Labute approximate surface area is 123 Å². The first kappa shape index (κ1) is 15.6. The van der Waals surface area contributed by atoms with Crippen molar-refractivity contribution in [2.45, 2.75) is 31.8 Å². The minimum absolute atomic E-state index is 0.217. The molecule has 0 aliphatic rings. The van der Waals surface area contributed by atoms with Gasteiger partial charge in [-0.1, -0.05) is 5.21 Å². The zero-order valence-electron chi connectivity index (χ0n) is 12.0. The van der Waals surface area contributed by atoms with Gasteiger partial charge in [0.2, 0.25) is 10.0 Å². The minimum atomic E-state index is -3.61. The molecule has 0 saturated carbocycles. The molecule has 3 N–H and O–H groups in total. The van der Waals surface area contributed by atoms with Crippen molar-refractivity contribution in [3.8, 4) is 0 Å². The van der Waals surface area contributed by atoms with E-state index in [0.29, 0.717) is 31.0 Å². The predicted octanol–water partition coefficient (Wildman–Crippen LogP) is -0.971. The first-order chi connectivity index (χ1) is 9.95. The smallest absolute Gasteiger partial charge is 0.244 e. The standard InChI is InChI=1S/C11H19N7O2S/c1-9-11(10(2)18(15-9)6-3-12)21(19,20)14-5-8-17-7-4-13-16-17/h4,7,14H,3,5-6,8,12H2,1-2H3. The molecule has 2 heterocycles. The fourth-order valence-corrected chi connectivity index (χ4v) is 3.56. The highest BCUT2D eigenvalue weighted by molar-refractivity contribution is 7.89. The van der Waals surface area contributed by atoms with Crippen LogP contribution in [0.1, 0.15) is 11.4 Å². The second kappa shape index (κ2) is 6.33. The highest BCUT2D eigenvalue weighted by atomic mass is 32.2. The third kappa shape index (κ3) is 3.46. The van der Waals surface area contributed by atoms with E-state index in [2.05, 4.69) is 20.1 Å². The van der Waals surface area contributed by atoms with Crippen molar-refractivity contribution in [1.82, 2.24) is 29.5 Å². The molecule has 10 heteroatoms. The van der Waals surface area contributed by atoms with Gasteiger partial charge in [0.15, 0.2) is 0 Å². The van der Waals surface area contributed by atoms with Crippen molar-refractivity contribution in [1.29, 1.82) is 0 Å². The fraction of sp³-hybridized carbons (Fsp3) is 0.545. The van der Waals surface area contributed by atoms with Crippen molar-refractivity contribution in [3.05, 3.63) is 23.8 Å². The van der Waals surface area contributed by atoms with E-state index in [4.69, 9.17) is 5.73 Å². The zero-order valence-corrected chi connectivity index (χ0v) is 12.8. The average Bonchev–Trinajstić information content (AvgIpc) is 2.99. The lowest BCUT2D eigenvalue weighted by Gasteiger charge is -2.07. The normalized spacial score (nSPS) is 12.0. The molecule has 116 valence electrons. The molecular formula is C11H19N7O2S. The maximum atomic E-state index is 12.4. The molecule has 0 radical (unpaired) electrons. The molecule has 0 aliphatic carbocycles. The Balaban J connectivity index is 2.12. The van der Waals surface area contributed by atoms with Crippen LogP contribution in [0.3, 0.4) is 0 Å². The van der Waals surface area contributed by atoms with Gasteiger partial charge in [-0.05, 0) is 13.8 Å². The molecule has 0 unspecified atom stereocenters. The number of hydrogen-bond donors (Lipinski definition) is 2. The maximum absolute atomic E-state index is 12.4. The number of nitrogens with two attached hydrogens (primary N) is 1. The number of aryl methyl sites for hydroxylation is 1. The van der Waals surface area contributed by atoms with Crippen LogP contribution in [0.4, 0.5) is 0 Å². The lowest BCUT2D eigenvalue weighted by Crippen LogP contribution is -2.28. The van der Waals surface area contributed by atoms with Crippen LogP contribution in [0.2, 0.25) is 0 Å². The molecular weight excluding hydrogens is 294 g/mol. The fourth-order valence-electron chi connectivity index (χ4n) is 2.13. The van der Waals surface area contributed by atoms with E-state index in [1.54, 1.807) is 35.6 Å². The highest BCUT2D eigenvalue weighted by Crippen LogP contribution is 2.18. The van der Waals surface area contributed by atoms with Gasteiger partial charge in [0.25, 0.3) is 0 Å². The van der Waals surface area contributed by atoms with Gasteiger partial charge in [-0.3, -0.25) is 9.36 Å². The van der Waals surface area contributed by atoms with Gasteiger partial charge in [0.05, 0.1) is 30.7 Å². The van der Waals surface area contributed by atoms with Crippen LogP contribution in [0.5, 0.6) is 0 Å². The molecule has 9 nitrogen and oxygen atoms in total. The number of rotatable bonds is 7. The van der Waals surface area contributed by atoms with E-state index in [1.807, 2.05) is 0 Å². The molecule has 0 aliphatic heterocycles. The van der Waals surface area contributed by atoms with E-state index in [1.165, 1.54) is 0 Å². The largest absolute Gasteiger partial charge is 0.329 e. The van der Waals surface area contributed by atoms with Crippen molar-refractivity contribution < 1.29 is 8.42 Å².